The fourth-order valence-corrected chi connectivity index (χ4v) is 1.92. The van der Waals surface area contributed by atoms with E-state index in [1.54, 1.807) is 31.2 Å². The van der Waals surface area contributed by atoms with Gasteiger partial charge in [-0.3, -0.25) is 4.79 Å². The summed E-state index contributed by atoms with van der Waals surface area (Å²) in [5, 5.41) is 10.1. The van der Waals surface area contributed by atoms with E-state index in [9.17, 15) is 4.79 Å². The summed E-state index contributed by atoms with van der Waals surface area (Å²) < 4.78 is 10.1. The number of aryl methyl sites for hydroxylation is 1. The number of ether oxygens (including phenoxy) is 1. The normalized spacial score (nSPS) is 10.2. The van der Waals surface area contributed by atoms with E-state index >= 15 is 0 Å². The average molecular weight is 310 g/mol. The van der Waals surface area contributed by atoms with Crippen LogP contribution in [0.15, 0.2) is 28.8 Å². The van der Waals surface area contributed by atoms with Gasteiger partial charge in [0.2, 0.25) is 5.91 Å². The predicted molar refractivity (Wildman–Crippen MR) is 81.0 cm³/mol. The Balaban J connectivity index is 1.85. The summed E-state index contributed by atoms with van der Waals surface area (Å²) in [6.45, 7) is 2.25. The molecule has 21 heavy (non-hydrogen) atoms. The summed E-state index contributed by atoms with van der Waals surface area (Å²) >= 11 is 5.91. The fourth-order valence-electron chi connectivity index (χ4n) is 1.74. The van der Waals surface area contributed by atoms with Crippen LogP contribution in [0.3, 0.4) is 0 Å². The van der Waals surface area contributed by atoms with Crippen molar-refractivity contribution >= 4 is 29.0 Å². The Bertz CT molecular complexity index is 628. The van der Waals surface area contributed by atoms with E-state index in [4.69, 9.17) is 20.9 Å². The van der Waals surface area contributed by atoms with Gasteiger partial charge in [-0.1, -0.05) is 16.8 Å². The molecule has 1 aromatic carbocycles. The number of halogens is 1. The van der Waals surface area contributed by atoms with Crippen LogP contribution in [0.2, 0.25) is 5.02 Å². The highest BCUT2D eigenvalue weighted by Gasteiger charge is 2.08. The molecule has 112 valence electrons. The molecule has 0 bridgehead atoms. The number of amides is 1. The Morgan fingerprint density at radius 2 is 2.24 bits per heavy atom. The number of carbonyl (C=O) groups is 1. The average Bonchev–Trinajstić information content (AvgIpc) is 2.85. The van der Waals surface area contributed by atoms with Gasteiger partial charge in [0.1, 0.15) is 11.5 Å². The zero-order valence-electron chi connectivity index (χ0n) is 11.8. The van der Waals surface area contributed by atoms with E-state index in [1.165, 1.54) is 7.11 Å². The molecule has 1 amide bonds. The summed E-state index contributed by atoms with van der Waals surface area (Å²) in [6.07, 6.45) is 0.279. The van der Waals surface area contributed by atoms with Gasteiger partial charge in [0.25, 0.3) is 0 Å². The Kier molecular flexibility index (Phi) is 5.05. The van der Waals surface area contributed by atoms with Crippen molar-refractivity contribution in [2.45, 2.75) is 13.3 Å². The van der Waals surface area contributed by atoms with Crippen molar-refractivity contribution < 1.29 is 14.1 Å². The molecule has 0 aliphatic heterocycles. The quantitative estimate of drug-likeness (QED) is 0.857. The summed E-state index contributed by atoms with van der Waals surface area (Å²) in [6, 6.07) is 6.81. The molecule has 6 nitrogen and oxygen atoms in total. The lowest BCUT2D eigenvalue weighted by atomic mass is 10.2. The van der Waals surface area contributed by atoms with Crippen molar-refractivity contribution in [1.29, 1.82) is 0 Å². The number of nitrogens with one attached hydrogen (secondary N) is 2. The first kappa shape index (κ1) is 15.2. The molecule has 0 saturated carbocycles. The molecular formula is C14H16ClN3O3. The second-order valence-electron chi connectivity index (χ2n) is 4.39. The van der Waals surface area contributed by atoms with Gasteiger partial charge in [0.05, 0.1) is 12.8 Å². The highest BCUT2D eigenvalue weighted by molar-refractivity contribution is 6.31. The third-order valence-corrected chi connectivity index (χ3v) is 2.96. The Morgan fingerprint density at radius 1 is 1.43 bits per heavy atom. The highest BCUT2D eigenvalue weighted by Crippen LogP contribution is 2.27. The first-order chi connectivity index (χ1) is 10.1. The van der Waals surface area contributed by atoms with Crippen LogP contribution in [0, 0.1) is 6.92 Å². The van der Waals surface area contributed by atoms with E-state index in [0.29, 0.717) is 34.6 Å². The molecule has 0 radical (unpaired) electrons. The van der Waals surface area contributed by atoms with E-state index in [1.807, 2.05) is 0 Å². The molecule has 1 aromatic heterocycles. The number of methoxy groups -OCH3 is 1. The van der Waals surface area contributed by atoms with Gasteiger partial charge in [-0.25, -0.2) is 0 Å². The third-order valence-electron chi connectivity index (χ3n) is 2.72. The van der Waals surface area contributed by atoms with Crippen molar-refractivity contribution in [2.75, 3.05) is 24.3 Å². The molecule has 0 aliphatic rings. The number of rotatable bonds is 6. The number of anilines is 2. The zero-order valence-corrected chi connectivity index (χ0v) is 12.5. The second-order valence-corrected chi connectivity index (χ2v) is 4.83. The van der Waals surface area contributed by atoms with Crippen LogP contribution < -0.4 is 15.4 Å². The monoisotopic (exact) mass is 309 g/mol. The van der Waals surface area contributed by atoms with Gasteiger partial charge in [0, 0.05) is 24.1 Å². The molecular weight excluding hydrogens is 294 g/mol. The minimum atomic E-state index is -0.150. The van der Waals surface area contributed by atoms with Crippen LogP contribution in [-0.2, 0) is 4.79 Å². The Labute approximate surface area is 127 Å². The molecule has 0 spiro atoms. The van der Waals surface area contributed by atoms with Crippen molar-refractivity contribution in [3.05, 3.63) is 35.0 Å². The summed E-state index contributed by atoms with van der Waals surface area (Å²) in [7, 11) is 1.54. The topological polar surface area (TPSA) is 76.4 Å². The van der Waals surface area contributed by atoms with Crippen LogP contribution in [0.4, 0.5) is 11.5 Å². The number of aromatic nitrogens is 1. The number of hydrogen-bond acceptors (Lipinski definition) is 5. The molecule has 2 N–H and O–H groups in total. The lowest BCUT2D eigenvalue weighted by Crippen LogP contribution is -2.16. The molecule has 7 heteroatoms. The summed E-state index contributed by atoms with van der Waals surface area (Å²) in [5.41, 5.74) is 0.548. The zero-order chi connectivity index (χ0) is 15.2. The lowest BCUT2D eigenvalue weighted by molar-refractivity contribution is -0.116. The Hall–Kier alpha value is -2.21. The van der Waals surface area contributed by atoms with Crippen LogP contribution in [-0.4, -0.2) is 24.7 Å². The number of benzene rings is 1. The number of nitrogens with zero attached hydrogens (tertiary/aromatic N) is 1. The molecule has 0 saturated heterocycles. The van der Waals surface area contributed by atoms with Gasteiger partial charge < -0.3 is 19.9 Å². The fraction of sp³-hybridized carbons (Fsp3) is 0.286. The molecule has 0 fully saturated rings. The molecule has 0 unspecified atom stereocenters. The maximum absolute atomic E-state index is 11.9. The third kappa shape index (κ3) is 4.39. The van der Waals surface area contributed by atoms with Crippen molar-refractivity contribution in [3.63, 3.8) is 0 Å². The lowest BCUT2D eigenvalue weighted by Gasteiger charge is -2.10. The second kappa shape index (κ2) is 6.99. The maximum Gasteiger partial charge on any atom is 0.226 e. The van der Waals surface area contributed by atoms with E-state index in [2.05, 4.69) is 15.8 Å². The minimum absolute atomic E-state index is 0.150. The van der Waals surface area contributed by atoms with Crippen molar-refractivity contribution in [2.24, 2.45) is 0 Å². The van der Waals surface area contributed by atoms with E-state index in [-0.39, 0.29) is 12.3 Å². The SMILES string of the molecule is COc1ccc(Cl)cc1NC(=O)CCNc1cc(C)on1. The van der Waals surface area contributed by atoms with Gasteiger partial charge in [-0.05, 0) is 25.1 Å². The number of carbonyl (C=O) groups excluding carboxylic acids is 1. The van der Waals surface area contributed by atoms with Gasteiger partial charge in [-0.15, -0.1) is 0 Å². The molecule has 0 aliphatic carbocycles. The number of hydrogen-bond donors (Lipinski definition) is 2. The van der Waals surface area contributed by atoms with Crippen molar-refractivity contribution in [1.82, 2.24) is 5.16 Å². The first-order valence-corrected chi connectivity index (χ1v) is 6.77. The Morgan fingerprint density at radius 3 is 2.90 bits per heavy atom. The van der Waals surface area contributed by atoms with Gasteiger partial charge >= 0.3 is 0 Å². The van der Waals surface area contributed by atoms with Crippen LogP contribution in [0.25, 0.3) is 0 Å². The molecule has 2 aromatic rings. The first-order valence-electron chi connectivity index (χ1n) is 6.39. The van der Waals surface area contributed by atoms with E-state index in [0.717, 1.165) is 0 Å². The molecule has 1 heterocycles. The van der Waals surface area contributed by atoms with Gasteiger partial charge in [0.15, 0.2) is 5.82 Å². The van der Waals surface area contributed by atoms with Crippen LogP contribution in [0.1, 0.15) is 12.2 Å². The standard InChI is InChI=1S/C14H16ClN3O3/c1-9-7-13(18-21-9)16-6-5-14(19)17-11-8-10(15)3-4-12(11)20-2/h3-4,7-8H,5-6H2,1-2H3,(H,16,18)(H,17,19). The minimum Gasteiger partial charge on any atom is -0.495 e. The highest BCUT2D eigenvalue weighted by atomic mass is 35.5. The van der Waals surface area contributed by atoms with Crippen LogP contribution >= 0.6 is 11.6 Å². The predicted octanol–water partition coefficient (Wildman–Crippen LogP) is 3.09. The van der Waals surface area contributed by atoms with Gasteiger partial charge in [-0.2, -0.15) is 0 Å². The summed E-state index contributed by atoms with van der Waals surface area (Å²) in [4.78, 5) is 11.9. The van der Waals surface area contributed by atoms with Crippen molar-refractivity contribution in [3.8, 4) is 5.75 Å². The smallest absolute Gasteiger partial charge is 0.226 e. The van der Waals surface area contributed by atoms with Crippen LogP contribution in [0.5, 0.6) is 5.75 Å². The molecule has 2 rings (SSSR count). The largest absolute Gasteiger partial charge is 0.495 e. The summed E-state index contributed by atoms with van der Waals surface area (Å²) in [5.74, 6) is 1.74. The van der Waals surface area contributed by atoms with E-state index < -0.39 is 0 Å². The molecule has 0 atom stereocenters. The maximum atomic E-state index is 11.9.